The number of halogens is 1. The van der Waals surface area contributed by atoms with Gasteiger partial charge in [0.1, 0.15) is 11.9 Å². The molecule has 1 aromatic rings. The van der Waals surface area contributed by atoms with Gasteiger partial charge in [-0.1, -0.05) is 50.6 Å². The lowest BCUT2D eigenvalue weighted by Gasteiger charge is -2.13. The number of ether oxygens (including phenoxy) is 2. The highest BCUT2D eigenvalue weighted by molar-refractivity contribution is 6.24. The standard InChI is InChI=1S/C17H23ClO2/c1-3-5-6-8-11-14(4-2)16-17(18,20-16)19-15-12-9-7-10-13-15/h5-7,9-10,12-14,16H,3-4,8,11H2,1-2H3. The Kier molecular flexibility index (Phi) is 5.50. The van der Waals surface area contributed by atoms with Crippen LogP contribution in [0, 0.1) is 5.92 Å². The van der Waals surface area contributed by atoms with E-state index >= 15 is 0 Å². The highest BCUT2D eigenvalue weighted by Gasteiger charge is 2.61. The van der Waals surface area contributed by atoms with Crippen LogP contribution in [0.1, 0.15) is 39.5 Å². The highest BCUT2D eigenvalue weighted by atomic mass is 35.5. The predicted molar refractivity (Wildman–Crippen MR) is 83.0 cm³/mol. The topological polar surface area (TPSA) is 21.8 Å². The van der Waals surface area contributed by atoms with Crippen LogP contribution in [0.25, 0.3) is 0 Å². The SMILES string of the molecule is CCC=CCCC(CC)C1OC1(Cl)Oc1ccccc1. The van der Waals surface area contributed by atoms with Crippen LogP contribution in [-0.4, -0.2) is 11.4 Å². The van der Waals surface area contributed by atoms with Crippen molar-refractivity contribution in [2.75, 3.05) is 0 Å². The van der Waals surface area contributed by atoms with Gasteiger partial charge in [0.05, 0.1) is 0 Å². The molecule has 3 atom stereocenters. The molecule has 0 N–H and O–H groups in total. The Bertz CT molecular complexity index is 432. The average Bonchev–Trinajstić information content (AvgIpc) is 3.11. The van der Waals surface area contributed by atoms with Gasteiger partial charge in [0.2, 0.25) is 0 Å². The van der Waals surface area contributed by atoms with Crippen molar-refractivity contribution in [2.45, 2.75) is 50.9 Å². The molecule has 1 saturated heterocycles. The zero-order valence-corrected chi connectivity index (χ0v) is 13.0. The molecule has 1 aromatic carbocycles. The third kappa shape index (κ3) is 4.00. The molecule has 110 valence electrons. The van der Waals surface area contributed by atoms with Gasteiger partial charge in [-0.3, -0.25) is 0 Å². The molecule has 0 saturated carbocycles. The second-order valence-corrected chi connectivity index (χ2v) is 5.69. The van der Waals surface area contributed by atoms with Crippen molar-refractivity contribution in [3.8, 4) is 5.75 Å². The predicted octanol–water partition coefficient (Wildman–Crippen LogP) is 5.13. The summed E-state index contributed by atoms with van der Waals surface area (Å²) in [6, 6.07) is 9.61. The molecule has 0 spiro atoms. The van der Waals surface area contributed by atoms with Crippen molar-refractivity contribution >= 4 is 11.6 Å². The molecular weight excluding hydrogens is 272 g/mol. The summed E-state index contributed by atoms with van der Waals surface area (Å²) in [6.07, 6.45) is 8.73. The minimum Gasteiger partial charge on any atom is -0.446 e. The second-order valence-electron chi connectivity index (χ2n) is 5.16. The van der Waals surface area contributed by atoms with E-state index in [0.717, 1.165) is 31.4 Å². The molecule has 0 aromatic heterocycles. The van der Waals surface area contributed by atoms with E-state index in [0.29, 0.717) is 5.92 Å². The maximum absolute atomic E-state index is 6.40. The summed E-state index contributed by atoms with van der Waals surface area (Å²) < 4.78 is 11.4. The summed E-state index contributed by atoms with van der Waals surface area (Å²) in [5, 5.41) is -0.962. The first kappa shape index (κ1) is 15.4. The number of hydrogen-bond donors (Lipinski definition) is 0. The molecule has 1 aliphatic heterocycles. The molecule has 0 amide bonds. The molecule has 0 aliphatic carbocycles. The third-order valence-corrected chi connectivity index (χ3v) is 4.01. The molecule has 3 heteroatoms. The lowest BCUT2D eigenvalue weighted by atomic mass is 9.96. The van der Waals surface area contributed by atoms with E-state index in [-0.39, 0.29) is 6.10 Å². The molecule has 0 radical (unpaired) electrons. The third-order valence-electron chi connectivity index (χ3n) is 3.63. The summed E-state index contributed by atoms with van der Waals surface area (Å²) in [7, 11) is 0. The number of alkyl halides is 1. The van der Waals surface area contributed by atoms with E-state index < -0.39 is 5.25 Å². The minimum atomic E-state index is -0.962. The van der Waals surface area contributed by atoms with Gasteiger partial charge in [-0.15, -0.1) is 0 Å². The van der Waals surface area contributed by atoms with Crippen LogP contribution in [0.5, 0.6) is 5.75 Å². The van der Waals surface area contributed by atoms with Crippen LogP contribution in [0.3, 0.4) is 0 Å². The quantitative estimate of drug-likeness (QED) is 0.377. The summed E-state index contributed by atoms with van der Waals surface area (Å²) in [4.78, 5) is 0. The lowest BCUT2D eigenvalue weighted by Crippen LogP contribution is -2.21. The molecular formula is C17H23ClO2. The number of rotatable bonds is 8. The van der Waals surface area contributed by atoms with Crippen molar-refractivity contribution in [2.24, 2.45) is 5.92 Å². The van der Waals surface area contributed by atoms with Gasteiger partial charge >= 0.3 is 5.25 Å². The zero-order chi connectivity index (χ0) is 14.4. The molecule has 1 fully saturated rings. The van der Waals surface area contributed by atoms with Gasteiger partial charge in [0.15, 0.2) is 0 Å². The highest BCUT2D eigenvalue weighted by Crippen LogP contribution is 2.48. The van der Waals surface area contributed by atoms with Crippen LogP contribution in [-0.2, 0) is 4.74 Å². The molecule has 0 bridgehead atoms. The molecule has 2 rings (SSSR count). The van der Waals surface area contributed by atoms with Gasteiger partial charge in [-0.2, -0.15) is 0 Å². The van der Waals surface area contributed by atoms with Crippen molar-refractivity contribution in [1.29, 1.82) is 0 Å². The van der Waals surface area contributed by atoms with E-state index in [1.807, 2.05) is 30.3 Å². The Morgan fingerprint density at radius 3 is 2.70 bits per heavy atom. The van der Waals surface area contributed by atoms with E-state index in [1.54, 1.807) is 0 Å². The molecule has 1 heterocycles. The molecule has 20 heavy (non-hydrogen) atoms. The van der Waals surface area contributed by atoms with Crippen LogP contribution >= 0.6 is 11.6 Å². The van der Waals surface area contributed by atoms with Crippen LogP contribution < -0.4 is 4.74 Å². The fourth-order valence-corrected chi connectivity index (χ4v) is 2.78. The fourth-order valence-electron chi connectivity index (χ4n) is 2.41. The largest absolute Gasteiger partial charge is 0.446 e. The Balaban J connectivity index is 1.85. The van der Waals surface area contributed by atoms with E-state index in [2.05, 4.69) is 26.0 Å². The maximum Gasteiger partial charge on any atom is 0.318 e. The van der Waals surface area contributed by atoms with Gasteiger partial charge in [0.25, 0.3) is 0 Å². The molecule has 2 nitrogen and oxygen atoms in total. The smallest absolute Gasteiger partial charge is 0.318 e. The lowest BCUT2D eigenvalue weighted by molar-refractivity contribution is 0.140. The average molecular weight is 295 g/mol. The first-order chi connectivity index (χ1) is 9.69. The Morgan fingerprint density at radius 2 is 2.05 bits per heavy atom. The van der Waals surface area contributed by atoms with Crippen molar-refractivity contribution in [3.63, 3.8) is 0 Å². The summed E-state index contributed by atoms with van der Waals surface area (Å²) in [5.41, 5.74) is 0. The van der Waals surface area contributed by atoms with Crippen molar-refractivity contribution < 1.29 is 9.47 Å². The number of epoxide rings is 1. The van der Waals surface area contributed by atoms with E-state index in [9.17, 15) is 0 Å². The first-order valence-corrected chi connectivity index (χ1v) is 7.83. The Hall–Kier alpha value is -0.990. The minimum absolute atomic E-state index is 0.00982. The zero-order valence-electron chi connectivity index (χ0n) is 12.2. The van der Waals surface area contributed by atoms with Gasteiger partial charge in [-0.05, 0) is 48.9 Å². The summed E-state index contributed by atoms with van der Waals surface area (Å²) in [5.74, 6) is 1.20. The summed E-state index contributed by atoms with van der Waals surface area (Å²) in [6.45, 7) is 4.32. The van der Waals surface area contributed by atoms with E-state index in [1.165, 1.54) is 0 Å². The van der Waals surface area contributed by atoms with Gasteiger partial charge in [0, 0.05) is 0 Å². The fraction of sp³-hybridized carbons (Fsp3) is 0.529. The first-order valence-electron chi connectivity index (χ1n) is 7.45. The van der Waals surface area contributed by atoms with Gasteiger partial charge in [-0.25, -0.2) is 0 Å². The number of hydrogen-bond acceptors (Lipinski definition) is 2. The van der Waals surface area contributed by atoms with Gasteiger partial charge < -0.3 is 9.47 Å². The monoisotopic (exact) mass is 294 g/mol. The molecule has 1 aliphatic rings. The normalized spacial score (nSPS) is 26.6. The molecule has 3 unspecified atom stereocenters. The Labute approximate surface area is 126 Å². The maximum atomic E-state index is 6.40. The van der Waals surface area contributed by atoms with E-state index in [4.69, 9.17) is 21.1 Å². The van der Waals surface area contributed by atoms with Crippen LogP contribution in [0.2, 0.25) is 0 Å². The second kappa shape index (κ2) is 7.14. The van der Waals surface area contributed by atoms with Crippen molar-refractivity contribution in [3.05, 3.63) is 42.5 Å². The summed E-state index contributed by atoms with van der Waals surface area (Å²) >= 11 is 6.40. The number of allylic oxidation sites excluding steroid dienone is 2. The number of para-hydroxylation sites is 1. The number of benzene rings is 1. The van der Waals surface area contributed by atoms with Crippen molar-refractivity contribution in [1.82, 2.24) is 0 Å². The van der Waals surface area contributed by atoms with Crippen LogP contribution in [0.4, 0.5) is 0 Å². The van der Waals surface area contributed by atoms with Crippen LogP contribution in [0.15, 0.2) is 42.5 Å². The Morgan fingerprint density at radius 1 is 1.30 bits per heavy atom.